The molecule has 1 unspecified atom stereocenters. The molecule has 0 aliphatic heterocycles. The highest BCUT2D eigenvalue weighted by molar-refractivity contribution is 5.86. The Bertz CT molecular complexity index is 308. The Morgan fingerprint density at radius 1 is 1.06 bits per heavy atom. The Balaban J connectivity index is 2.17. The van der Waals surface area contributed by atoms with Gasteiger partial charge in [0.2, 0.25) is 5.91 Å². The van der Waals surface area contributed by atoms with Crippen LogP contribution in [0.2, 0.25) is 0 Å². The number of carbonyl (C=O) groups is 1. The molecule has 2 rings (SSSR count). The van der Waals surface area contributed by atoms with E-state index >= 15 is 0 Å². The normalized spacial score (nSPS) is 33.2. The number of rotatable bonds is 3. The number of amides is 1. The molecule has 2 fully saturated rings. The maximum atomic E-state index is 12.1. The molecule has 3 nitrogen and oxygen atoms in total. The number of nitrogens with one attached hydrogen (secondary N) is 1. The first-order chi connectivity index (χ1) is 8.48. The first kappa shape index (κ1) is 13.9. The van der Waals surface area contributed by atoms with Crippen LogP contribution in [0.25, 0.3) is 0 Å². The van der Waals surface area contributed by atoms with Crippen LogP contribution in [-0.2, 0) is 4.79 Å². The molecule has 0 radical (unpaired) electrons. The highest BCUT2D eigenvalue weighted by Gasteiger charge is 2.51. The molecule has 3 N–H and O–H groups in total. The minimum Gasteiger partial charge on any atom is -0.368 e. The lowest BCUT2D eigenvalue weighted by atomic mass is 9.62. The second-order valence-corrected chi connectivity index (χ2v) is 6.84. The maximum Gasteiger partial charge on any atom is 0.238 e. The fourth-order valence-electron chi connectivity index (χ4n) is 3.90. The lowest BCUT2D eigenvalue weighted by molar-refractivity contribution is -0.132. The second kappa shape index (κ2) is 5.20. The van der Waals surface area contributed by atoms with E-state index in [1.165, 1.54) is 38.5 Å². The molecule has 1 atom stereocenters. The van der Waals surface area contributed by atoms with E-state index in [4.69, 9.17) is 5.73 Å². The summed E-state index contributed by atoms with van der Waals surface area (Å²) in [4.78, 5) is 12.1. The number of primary amides is 1. The number of carbonyl (C=O) groups excluding carboxylic acids is 1. The predicted octanol–water partition coefficient (Wildman–Crippen LogP) is 2.73. The fourth-order valence-corrected chi connectivity index (χ4v) is 3.90. The van der Waals surface area contributed by atoms with Crippen LogP contribution >= 0.6 is 0 Å². The van der Waals surface area contributed by atoms with Gasteiger partial charge < -0.3 is 11.1 Å². The molecule has 0 heterocycles. The molecule has 104 valence electrons. The summed E-state index contributed by atoms with van der Waals surface area (Å²) in [6.45, 7) is 4.40. The van der Waals surface area contributed by atoms with Gasteiger partial charge in [-0.05, 0) is 31.1 Å². The van der Waals surface area contributed by atoms with E-state index in [1.54, 1.807) is 0 Å². The van der Waals surface area contributed by atoms with Crippen LogP contribution in [0.4, 0.5) is 0 Å². The van der Waals surface area contributed by atoms with Crippen molar-refractivity contribution in [2.45, 2.75) is 83.2 Å². The van der Waals surface area contributed by atoms with Crippen molar-refractivity contribution in [3.8, 4) is 0 Å². The van der Waals surface area contributed by atoms with Gasteiger partial charge in [-0.3, -0.25) is 4.79 Å². The fraction of sp³-hybridized carbons (Fsp3) is 0.933. The third kappa shape index (κ3) is 2.42. The molecule has 3 heteroatoms. The lowest BCUT2D eigenvalue weighted by Crippen LogP contribution is -2.67. The molecule has 2 saturated carbocycles. The van der Waals surface area contributed by atoms with Crippen LogP contribution in [0.3, 0.4) is 0 Å². The molecular formula is C15H28N2O. The summed E-state index contributed by atoms with van der Waals surface area (Å²) in [6.07, 6.45) is 10.6. The highest BCUT2D eigenvalue weighted by Crippen LogP contribution is 2.44. The lowest BCUT2D eigenvalue weighted by Gasteiger charge is -2.50. The molecule has 18 heavy (non-hydrogen) atoms. The summed E-state index contributed by atoms with van der Waals surface area (Å²) < 4.78 is 0. The number of hydrogen-bond donors (Lipinski definition) is 2. The zero-order valence-corrected chi connectivity index (χ0v) is 11.9. The van der Waals surface area contributed by atoms with Crippen LogP contribution in [0.1, 0.15) is 71.6 Å². The summed E-state index contributed by atoms with van der Waals surface area (Å²) in [5, 5.41) is 3.69. The Hall–Kier alpha value is -0.570. The Labute approximate surface area is 111 Å². The van der Waals surface area contributed by atoms with Gasteiger partial charge in [-0.15, -0.1) is 0 Å². The van der Waals surface area contributed by atoms with Gasteiger partial charge in [0.25, 0.3) is 0 Å². The van der Waals surface area contributed by atoms with Crippen LogP contribution in [0.5, 0.6) is 0 Å². The molecule has 0 aromatic carbocycles. The summed E-state index contributed by atoms with van der Waals surface area (Å²) in [7, 11) is 0. The molecule has 0 aromatic heterocycles. The van der Waals surface area contributed by atoms with E-state index in [-0.39, 0.29) is 11.3 Å². The molecule has 0 aromatic rings. The number of hydrogen-bond acceptors (Lipinski definition) is 2. The van der Waals surface area contributed by atoms with Crippen molar-refractivity contribution in [3.05, 3.63) is 0 Å². The molecule has 0 spiro atoms. The van der Waals surface area contributed by atoms with Crippen molar-refractivity contribution in [1.82, 2.24) is 5.32 Å². The number of nitrogens with two attached hydrogens (primary N) is 1. The molecule has 0 bridgehead atoms. The predicted molar refractivity (Wildman–Crippen MR) is 74.2 cm³/mol. The first-order valence-corrected chi connectivity index (χ1v) is 7.56. The molecular weight excluding hydrogens is 224 g/mol. The summed E-state index contributed by atoms with van der Waals surface area (Å²) >= 11 is 0. The van der Waals surface area contributed by atoms with Gasteiger partial charge in [-0.25, -0.2) is 0 Å². The summed E-state index contributed by atoms with van der Waals surface area (Å²) in [6, 6.07) is 0.489. The van der Waals surface area contributed by atoms with E-state index in [9.17, 15) is 4.79 Å². The van der Waals surface area contributed by atoms with Crippen LogP contribution in [-0.4, -0.2) is 17.5 Å². The largest absolute Gasteiger partial charge is 0.368 e. The van der Waals surface area contributed by atoms with Gasteiger partial charge in [-0.1, -0.05) is 46.0 Å². The minimum absolute atomic E-state index is 0.0193. The Kier molecular flexibility index (Phi) is 4.00. The minimum atomic E-state index is -0.479. The first-order valence-electron chi connectivity index (χ1n) is 7.56. The monoisotopic (exact) mass is 252 g/mol. The third-order valence-corrected chi connectivity index (χ3v) is 5.24. The quantitative estimate of drug-likeness (QED) is 0.811. The third-order valence-electron chi connectivity index (χ3n) is 5.24. The van der Waals surface area contributed by atoms with Crippen molar-refractivity contribution in [2.75, 3.05) is 0 Å². The topological polar surface area (TPSA) is 55.1 Å². The van der Waals surface area contributed by atoms with Crippen molar-refractivity contribution in [1.29, 1.82) is 0 Å². The zero-order valence-electron chi connectivity index (χ0n) is 11.9. The van der Waals surface area contributed by atoms with Crippen LogP contribution in [0, 0.1) is 5.41 Å². The molecule has 2 aliphatic rings. The van der Waals surface area contributed by atoms with E-state index in [2.05, 4.69) is 19.2 Å². The van der Waals surface area contributed by atoms with E-state index in [0.717, 1.165) is 19.3 Å². The smallest absolute Gasteiger partial charge is 0.238 e. The highest BCUT2D eigenvalue weighted by atomic mass is 16.1. The molecule has 1 amide bonds. The molecule has 0 saturated heterocycles. The van der Waals surface area contributed by atoms with Gasteiger partial charge in [0.15, 0.2) is 0 Å². The van der Waals surface area contributed by atoms with E-state index in [0.29, 0.717) is 6.04 Å². The van der Waals surface area contributed by atoms with Gasteiger partial charge >= 0.3 is 0 Å². The van der Waals surface area contributed by atoms with Crippen molar-refractivity contribution < 1.29 is 4.79 Å². The van der Waals surface area contributed by atoms with Crippen LogP contribution < -0.4 is 11.1 Å². The van der Waals surface area contributed by atoms with Crippen LogP contribution in [0.15, 0.2) is 0 Å². The van der Waals surface area contributed by atoms with E-state index < -0.39 is 5.54 Å². The van der Waals surface area contributed by atoms with Gasteiger partial charge in [-0.2, -0.15) is 0 Å². The van der Waals surface area contributed by atoms with Gasteiger partial charge in [0, 0.05) is 6.04 Å². The van der Waals surface area contributed by atoms with Crippen molar-refractivity contribution in [3.63, 3.8) is 0 Å². The zero-order chi connectivity index (χ0) is 13.2. The summed E-state index contributed by atoms with van der Waals surface area (Å²) in [5.41, 5.74) is 5.30. The average Bonchev–Trinajstić information content (AvgIpc) is 2.33. The van der Waals surface area contributed by atoms with E-state index in [1.807, 2.05) is 0 Å². The summed E-state index contributed by atoms with van der Waals surface area (Å²) in [5.74, 6) is -0.141. The van der Waals surface area contributed by atoms with Gasteiger partial charge in [0.1, 0.15) is 5.54 Å². The van der Waals surface area contributed by atoms with Crippen molar-refractivity contribution in [2.24, 2.45) is 11.1 Å². The Morgan fingerprint density at radius 3 is 2.22 bits per heavy atom. The Morgan fingerprint density at radius 2 is 1.67 bits per heavy atom. The van der Waals surface area contributed by atoms with Gasteiger partial charge in [0.05, 0.1) is 0 Å². The van der Waals surface area contributed by atoms with Crippen molar-refractivity contribution >= 4 is 5.91 Å². The SMILES string of the molecule is CC1(C)CCCCC1(NC1CCCCC1)C(N)=O. The molecule has 2 aliphatic carbocycles. The maximum absolute atomic E-state index is 12.1. The average molecular weight is 252 g/mol. The standard InChI is InChI=1S/C15H28N2O/c1-14(2)10-6-7-11-15(14,13(16)18)17-12-8-4-3-5-9-12/h12,17H,3-11H2,1-2H3,(H2,16,18). The second-order valence-electron chi connectivity index (χ2n) is 6.84.